The SMILES string of the molecule is CC.CCc1c(CCCC(=O)c2ncc(C#N)[nH]2)[nH]c2c(Cl)c(Cl)ccc12. The third-order valence-corrected chi connectivity index (χ3v) is 5.01. The number of hydrogen-bond acceptors (Lipinski definition) is 3. The number of aromatic nitrogens is 3. The zero-order chi connectivity index (χ0) is 20.0. The lowest BCUT2D eigenvalue weighted by Crippen LogP contribution is -2.03. The lowest BCUT2D eigenvalue weighted by molar-refractivity contribution is 0.0971. The van der Waals surface area contributed by atoms with E-state index in [9.17, 15) is 4.79 Å². The van der Waals surface area contributed by atoms with Crippen LogP contribution in [0.4, 0.5) is 0 Å². The number of carbonyl (C=O) groups excluding carboxylic acids is 1. The summed E-state index contributed by atoms with van der Waals surface area (Å²) in [5, 5.41) is 10.9. The summed E-state index contributed by atoms with van der Waals surface area (Å²) in [5.41, 5.74) is 3.41. The van der Waals surface area contributed by atoms with Crippen molar-refractivity contribution in [3.63, 3.8) is 0 Å². The Balaban J connectivity index is 0.00000126. The first-order chi connectivity index (χ1) is 13.0. The summed E-state index contributed by atoms with van der Waals surface area (Å²) in [6.45, 7) is 6.09. The molecule has 7 heteroatoms. The second-order valence-corrected chi connectivity index (χ2v) is 6.54. The number of nitrogens with zero attached hydrogens (tertiary/aromatic N) is 2. The van der Waals surface area contributed by atoms with Crippen molar-refractivity contribution >= 4 is 39.9 Å². The molecule has 0 amide bonds. The highest BCUT2D eigenvalue weighted by molar-refractivity contribution is 6.45. The maximum Gasteiger partial charge on any atom is 0.198 e. The molecule has 2 heterocycles. The zero-order valence-corrected chi connectivity index (χ0v) is 17.1. The fourth-order valence-corrected chi connectivity index (χ4v) is 3.36. The molecule has 0 aliphatic carbocycles. The Bertz CT molecular complexity index is 982. The molecule has 0 radical (unpaired) electrons. The minimum Gasteiger partial charge on any atom is -0.357 e. The van der Waals surface area contributed by atoms with Crippen molar-refractivity contribution in [3.8, 4) is 6.07 Å². The number of rotatable bonds is 6. The number of hydrogen-bond donors (Lipinski definition) is 2. The van der Waals surface area contributed by atoms with Gasteiger partial charge in [0.25, 0.3) is 0 Å². The monoisotopic (exact) mass is 404 g/mol. The quantitative estimate of drug-likeness (QED) is 0.504. The number of imidazole rings is 1. The summed E-state index contributed by atoms with van der Waals surface area (Å²) >= 11 is 12.4. The molecule has 3 aromatic rings. The molecule has 0 saturated heterocycles. The summed E-state index contributed by atoms with van der Waals surface area (Å²) in [4.78, 5) is 22.1. The molecular formula is C20H22Cl2N4O. The summed E-state index contributed by atoms with van der Waals surface area (Å²) in [6, 6.07) is 5.70. The van der Waals surface area contributed by atoms with Crippen LogP contribution < -0.4 is 0 Å². The van der Waals surface area contributed by atoms with Crippen molar-refractivity contribution < 1.29 is 4.79 Å². The van der Waals surface area contributed by atoms with Gasteiger partial charge in [0.2, 0.25) is 0 Å². The predicted molar refractivity (Wildman–Crippen MR) is 110 cm³/mol. The van der Waals surface area contributed by atoms with Crippen LogP contribution in [0.1, 0.15) is 61.2 Å². The Labute approximate surface area is 168 Å². The zero-order valence-electron chi connectivity index (χ0n) is 15.6. The molecule has 0 saturated carbocycles. The van der Waals surface area contributed by atoms with E-state index in [1.165, 1.54) is 11.8 Å². The number of nitrogens with one attached hydrogen (secondary N) is 2. The number of aromatic amines is 2. The number of ketones is 1. The van der Waals surface area contributed by atoms with Gasteiger partial charge in [0.15, 0.2) is 11.6 Å². The second-order valence-electron chi connectivity index (χ2n) is 5.75. The summed E-state index contributed by atoms with van der Waals surface area (Å²) < 4.78 is 0. The first-order valence-electron chi connectivity index (χ1n) is 9.00. The van der Waals surface area contributed by atoms with Crippen molar-refractivity contribution in [1.29, 1.82) is 5.26 Å². The molecule has 0 atom stereocenters. The molecule has 0 unspecified atom stereocenters. The van der Waals surface area contributed by atoms with Gasteiger partial charge in [-0.1, -0.05) is 50.0 Å². The van der Waals surface area contributed by atoms with Gasteiger partial charge in [0, 0.05) is 17.5 Å². The van der Waals surface area contributed by atoms with E-state index in [0.717, 1.165) is 29.4 Å². The number of carbonyl (C=O) groups is 1. The van der Waals surface area contributed by atoms with E-state index < -0.39 is 0 Å². The Morgan fingerprint density at radius 2 is 2.00 bits per heavy atom. The largest absolute Gasteiger partial charge is 0.357 e. The van der Waals surface area contributed by atoms with Gasteiger partial charge in [-0.25, -0.2) is 4.98 Å². The van der Waals surface area contributed by atoms with Crippen LogP contribution in [0.5, 0.6) is 0 Å². The third kappa shape index (κ3) is 4.52. The maximum absolute atomic E-state index is 12.1. The van der Waals surface area contributed by atoms with Crippen molar-refractivity contribution in [3.05, 3.63) is 51.2 Å². The van der Waals surface area contributed by atoms with Crippen molar-refractivity contribution in [2.24, 2.45) is 0 Å². The molecular weight excluding hydrogens is 383 g/mol. The first kappa shape index (κ1) is 21.0. The minimum atomic E-state index is -0.100. The highest BCUT2D eigenvalue weighted by Crippen LogP contribution is 2.34. The maximum atomic E-state index is 12.1. The number of aryl methyl sites for hydroxylation is 2. The van der Waals surface area contributed by atoms with Crippen molar-refractivity contribution in [2.45, 2.75) is 46.5 Å². The Hall–Kier alpha value is -2.29. The molecule has 0 bridgehead atoms. The molecule has 3 rings (SSSR count). The van der Waals surface area contributed by atoms with Crippen LogP contribution in [0.3, 0.4) is 0 Å². The van der Waals surface area contributed by atoms with Crippen molar-refractivity contribution in [2.75, 3.05) is 0 Å². The van der Waals surface area contributed by atoms with Crippen LogP contribution in [0, 0.1) is 11.3 Å². The summed E-state index contributed by atoms with van der Waals surface area (Å²) in [7, 11) is 0. The van der Waals surface area contributed by atoms with Gasteiger partial charge in [-0.15, -0.1) is 0 Å². The van der Waals surface area contributed by atoms with Crippen LogP contribution in [-0.2, 0) is 12.8 Å². The van der Waals surface area contributed by atoms with Gasteiger partial charge in [-0.3, -0.25) is 4.79 Å². The van der Waals surface area contributed by atoms with E-state index in [-0.39, 0.29) is 11.6 Å². The molecule has 27 heavy (non-hydrogen) atoms. The second kappa shape index (κ2) is 9.59. The standard InChI is InChI=1S/C18H16Cl2N4O.C2H6/c1-2-11-12-6-7-13(19)16(20)17(12)24-14(11)4-3-5-15(25)18-22-9-10(8-21)23-18;1-2/h6-7,9,24H,2-5H2,1H3,(H,22,23);1-2H3. The van der Waals surface area contributed by atoms with Crippen LogP contribution in [-0.4, -0.2) is 20.7 Å². The number of benzene rings is 1. The highest BCUT2D eigenvalue weighted by Gasteiger charge is 2.15. The molecule has 2 aromatic heterocycles. The Kier molecular flexibility index (Phi) is 7.46. The molecule has 0 fully saturated rings. The van der Waals surface area contributed by atoms with E-state index in [0.29, 0.717) is 28.6 Å². The Morgan fingerprint density at radius 1 is 1.26 bits per heavy atom. The smallest absolute Gasteiger partial charge is 0.198 e. The van der Waals surface area contributed by atoms with E-state index in [4.69, 9.17) is 28.5 Å². The molecule has 0 spiro atoms. The Morgan fingerprint density at radius 3 is 2.63 bits per heavy atom. The van der Waals surface area contributed by atoms with Gasteiger partial charge >= 0.3 is 0 Å². The molecule has 0 aliphatic heterocycles. The fraction of sp³-hybridized carbons (Fsp3) is 0.350. The van der Waals surface area contributed by atoms with Crippen molar-refractivity contribution in [1.82, 2.24) is 15.0 Å². The number of fused-ring (bicyclic) bond motifs is 1. The third-order valence-electron chi connectivity index (χ3n) is 4.20. The topological polar surface area (TPSA) is 85.3 Å². The molecule has 2 N–H and O–H groups in total. The predicted octanol–water partition coefficient (Wildman–Crippen LogP) is 5.86. The lowest BCUT2D eigenvalue weighted by atomic mass is 10.0. The van der Waals surface area contributed by atoms with Crippen LogP contribution in [0.25, 0.3) is 10.9 Å². The number of halogens is 2. The summed E-state index contributed by atoms with van der Waals surface area (Å²) in [5.74, 6) is 0.135. The van der Waals surface area contributed by atoms with Crippen LogP contribution in [0.2, 0.25) is 10.0 Å². The highest BCUT2D eigenvalue weighted by atomic mass is 35.5. The van der Waals surface area contributed by atoms with E-state index in [1.807, 2.05) is 26.0 Å². The average molecular weight is 405 g/mol. The number of Topliss-reactive ketones (excluding diaryl/α,β-unsaturated/α-hetero) is 1. The minimum absolute atomic E-state index is 0.100. The first-order valence-corrected chi connectivity index (χ1v) is 9.76. The molecule has 0 aliphatic rings. The van der Waals surface area contributed by atoms with Gasteiger partial charge in [0.1, 0.15) is 11.8 Å². The lowest BCUT2D eigenvalue weighted by Gasteiger charge is -2.02. The van der Waals surface area contributed by atoms with Gasteiger partial charge in [-0.05, 0) is 30.9 Å². The van der Waals surface area contributed by atoms with Gasteiger partial charge in [-0.2, -0.15) is 5.26 Å². The average Bonchev–Trinajstić information content (AvgIpc) is 3.31. The van der Waals surface area contributed by atoms with Gasteiger partial charge < -0.3 is 9.97 Å². The van der Waals surface area contributed by atoms with E-state index in [1.54, 1.807) is 6.07 Å². The normalized spacial score (nSPS) is 10.4. The number of H-pyrrole nitrogens is 2. The number of nitriles is 1. The van der Waals surface area contributed by atoms with E-state index in [2.05, 4.69) is 21.9 Å². The fourth-order valence-electron chi connectivity index (χ4n) is 2.99. The van der Waals surface area contributed by atoms with E-state index >= 15 is 0 Å². The van der Waals surface area contributed by atoms with Crippen LogP contribution in [0.15, 0.2) is 18.3 Å². The molecule has 1 aromatic carbocycles. The van der Waals surface area contributed by atoms with Gasteiger partial charge in [0.05, 0.1) is 21.8 Å². The van der Waals surface area contributed by atoms with Crippen LogP contribution >= 0.6 is 23.2 Å². The molecule has 5 nitrogen and oxygen atoms in total. The molecule has 142 valence electrons. The summed E-state index contributed by atoms with van der Waals surface area (Å²) in [6.07, 6.45) is 3.98.